The lowest BCUT2D eigenvalue weighted by atomic mass is 10.0. The minimum atomic E-state index is -3.73. The summed E-state index contributed by atoms with van der Waals surface area (Å²) in [7, 11) is -3.73. The normalized spacial score (nSPS) is 12.5. The van der Waals surface area contributed by atoms with Crippen molar-refractivity contribution in [2.24, 2.45) is 5.92 Å². The van der Waals surface area contributed by atoms with E-state index in [4.69, 9.17) is 0 Å². The SMILES string of the molecule is CCCNCCNC(=O)C(CC(C)C)NS(=O)(=O)c1ccc(C)cc1.Cl. The molecule has 0 radical (unpaired) electrons. The van der Waals surface area contributed by atoms with Crippen molar-refractivity contribution < 1.29 is 13.2 Å². The Morgan fingerprint density at radius 3 is 2.23 bits per heavy atom. The van der Waals surface area contributed by atoms with Gasteiger partial charge in [0, 0.05) is 13.1 Å². The molecule has 0 spiro atoms. The predicted molar refractivity (Wildman–Crippen MR) is 108 cm³/mol. The summed E-state index contributed by atoms with van der Waals surface area (Å²) in [6.07, 6.45) is 1.47. The van der Waals surface area contributed by atoms with Crippen molar-refractivity contribution in [3.05, 3.63) is 29.8 Å². The van der Waals surface area contributed by atoms with Gasteiger partial charge in [0.25, 0.3) is 0 Å². The number of hydrogen-bond acceptors (Lipinski definition) is 4. The lowest BCUT2D eigenvalue weighted by Crippen LogP contribution is -2.48. The molecule has 0 saturated heterocycles. The van der Waals surface area contributed by atoms with Crippen LogP contribution in [0.15, 0.2) is 29.2 Å². The lowest BCUT2D eigenvalue weighted by Gasteiger charge is -2.20. The van der Waals surface area contributed by atoms with Gasteiger partial charge in [-0.15, -0.1) is 12.4 Å². The summed E-state index contributed by atoms with van der Waals surface area (Å²) in [5.74, 6) is -0.0997. The van der Waals surface area contributed by atoms with Gasteiger partial charge in [0.2, 0.25) is 15.9 Å². The van der Waals surface area contributed by atoms with Gasteiger partial charge in [0.05, 0.1) is 4.90 Å². The molecule has 1 unspecified atom stereocenters. The van der Waals surface area contributed by atoms with Crippen molar-refractivity contribution in [2.75, 3.05) is 19.6 Å². The maximum atomic E-state index is 12.6. The molecule has 1 atom stereocenters. The molecular formula is C18H32ClN3O3S. The summed E-state index contributed by atoms with van der Waals surface area (Å²) in [5.41, 5.74) is 0.981. The van der Waals surface area contributed by atoms with Crippen LogP contribution in [0, 0.1) is 12.8 Å². The number of aryl methyl sites for hydroxylation is 1. The second-order valence-corrected chi connectivity index (χ2v) is 8.37. The highest BCUT2D eigenvalue weighted by atomic mass is 35.5. The molecule has 0 bridgehead atoms. The Kier molecular flexibility index (Phi) is 11.7. The molecule has 0 saturated carbocycles. The Labute approximate surface area is 164 Å². The Balaban J connectivity index is 0.00000625. The van der Waals surface area contributed by atoms with Crippen LogP contribution in [-0.2, 0) is 14.8 Å². The van der Waals surface area contributed by atoms with Gasteiger partial charge in [-0.25, -0.2) is 8.42 Å². The van der Waals surface area contributed by atoms with Crippen molar-refractivity contribution in [1.29, 1.82) is 0 Å². The van der Waals surface area contributed by atoms with Gasteiger partial charge in [-0.2, -0.15) is 4.72 Å². The largest absolute Gasteiger partial charge is 0.353 e. The number of nitrogens with one attached hydrogen (secondary N) is 3. The molecule has 1 amide bonds. The molecule has 6 nitrogen and oxygen atoms in total. The molecule has 1 aromatic carbocycles. The third-order valence-corrected chi connectivity index (χ3v) is 5.17. The van der Waals surface area contributed by atoms with E-state index < -0.39 is 16.1 Å². The highest BCUT2D eigenvalue weighted by Crippen LogP contribution is 2.13. The third-order valence-electron chi connectivity index (χ3n) is 3.68. The average Bonchev–Trinajstić information content (AvgIpc) is 2.53. The van der Waals surface area contributed by atoms with E-state index in [0.29, 0.717) is 19.5 Å². The van der Waals surface area contributed by atoms with Gasteiger partial charge in [-0.05, 0) is 44.4 Å². The smallest absolute Gasteiger partial charge is 0.241 e. The van der Waals surface area contributed by atoms with Crippen LogP contribution in [0.5, 0.6) is 0 Å². The second kappa shape index (κ2) is 12.3. The molecule has 0 aliphatic heterocycles. The van der Waals surface area contributed by atoms with Crippen molar-refractivity contribution >= 4 is 28.3 Å². The third kappa shape index (κ3) is 8.98. The van der Waals surface area contributed by atoms with Crippen LogP contribution in [0.4, 0.5) is 0 Å². The van der Waals surface area contributed by atoms with Gasteiger partial charge in [-0.1, -0.05) is 38.5 Å². The van der Waals surface area contributed by atoms with Crippen LogP contribution in [0.25, 0.3) is 0 Å². The number of sulfonamides is 1. The predicted octanol–water partition coefficient (Wildman–Crippen LogP) is 2.23. The molecule has 0 heterocycles. The number of carbonyl (C=O) groups is 1. The van der Waals surface area contributed by atoms with E-state index >= 15 is 0 Å². The van der Waals surface area contributed by atoms with Gasteiger partial charge in [0.1, 0.15) is 6.04 Å². The summed E-state index contributed by atoms with van der Waals surface area (Å²) in [6, 6.07) is 5.81. The number of rotatable bonds is 11. The molecule has 8 heteroatoms. The summed E-state index contributed by atoms with van der Waals surface area (Å²) in [5, 5.41) is 6.00. The Morgan fingerprint density at radius 2 is 1.69 bits per heavy atom. The maximum Gasteiger partial charge on any atom is 0.241 e. The van der Waals surface area contributed by atoms with Crippen molar-refractivity contribution in [2.45, 2.75) is 51.5 Å². The molecule has 0 aromatic heterocycles. The monoisotopic (exact) mass is 405 g/mol. The van der Waals surface area contributed by atoms with Crippen LogP contribution in [0.1, 0.15) is 39.2 Å². The van der Waals surface area contributed by atoms with Gasteiger partial charge >= 0.3 is 0 Å². The van der Waals surface area contributed by atoms with E-state index in [1.54, 1.807) is 24.3 Å². The van der Waals surface area contributed by atoms with E-state index in [9.17, 15) is 13.2 Å². The van der Waals surface area contributed by atoms with Gasteiger partial charge < -0.3 is 10.6 Å². The van der Waals surface area contributed by atoms with Crippen LogP contribution in [-0.4, -0.2) is 40.0 Å². The first-order valence-electron chi connectivity index (χ1n) is 8.83. The first kappa shape index (κ1) is 24.8. The molecule has 0 fully saturated rings. The highest BCUT2D eigenvalue weighted by Gasteiger charge is 2.26. The topological polar surface area (TPSA) is 87.3 Å². The highest BCUT2D eigenvalue weighted by molar-refractivity contribution is 7.89. The zero-order chi connectivity index (χ0) is 18.9. The zero-order valence-corrected chi connectivity index (χ0v) is 17.7. The molecular weight excluding hydrogens is 374 g/mol. The molecule has 0 aliphatic carbocycles. The molecule has 26 heavy (non-hydrogen) atoms. The molecule has 0 aliphatic rings. The van der Waals surface area contributed by atoms with Gasteiger partial charge in [-0.3, -0.25) is 4.79 Å². The minimum absolute atomic E-state index is 0. The fraction of sp³-hybridized carbons (Fsp3) is 0.611. The second-order valence-electron chi connectivity index (χ2n) is 6.66. The van der Waals surface area contributed by atoms with Crippen LogP contribution < -0.4 is 15.4 Å². The molecule has 150 valence electrons. The Morgan fingerprint density at radius 1 is 1.08 bits per heavy atom. The standard InChI is InChI=1S/C18H31N3O3S.ClH/c1-5-10-19-11-12-20-18(22)17(13-14(2)3)21-25(23,24)16-8-6-15(4)7-9-16;/h6-9,14,17,19,21H,5,10-13H2,1-4H3,(H,20,22);1H. The molecule has 1 aromatic rings. The number of hydrogen-bond donors (Lipinski definition) is 3. The first-order valence-corrected chi connectivity index (χ1v) is 10.3. The number of carbonyl (C=O) groups excluding carboxylic acids is 1. The first-order chi connectivity index (χ1) is 11.8. The average molecular weight is 406 g/mol. The van der Waals surface area contributed by atoms with E-state index in [1.807, 2.05) is 20.8 Å². The van der Waals surface area contributed by atoms with Crippen molar-refractivity contribution in [1.82, 2.24) is 15.4 Å². The lowest BCUT2D eigenvalue weighted by molar-refractivity contribution is -0.123. The van der Waals surface area contributed by atoms with Crippen LogP contribution in [0.2, 0.25) is 0 Å². The Hall–Kier alpha value is -1.15. The van der Waals surface area contributed by atoms with Gasteiger partial charge in [0.15, 0.2) is 0 Å². The fourth-order valence-corrected chi connectivity index (χ4v) is 3.56. The van der Waals surface area contributed by atoms with E-state index in [2.05, 4.69) is 22.3 Å². The summed E-state index contributed by atoms with van der Waals surface area (Å²) >= 11 is 0. The fourth-order valence-electron chi connectivity index (χ4n) is 2.35. The minimum Gasteiger partial charge on any atom is -0.353 e. The number of halogens is 1. The van der Waals surface area contributed by atoms with Crippen LogP contribution >= 0.6 is 12.4 Å². The van der Waals surface area contributed by atoms with Crippen molar-refractivity contribution in [3.8, 4) is 0 Å². The maximum absolute atomic E-state index is 12.6. The van der Waals surface area contributed by atoms with Crippen LogP contribution in [0.3, 0.4) is 0 Å². The molecule has 3 N–H and O–H groups in total. The van der Waals surface area contributed by atoms with Crippen molar-refractivity contribution in [3.63, 3.8) is 0 Å². The molecule has 1 rings (SSSR count). The number of amides is 1. The van der Waals surface area contributed by atoms with E-state index in [0.717, 1.165) is 18.5 Å². The summed E-state index contributed by atoms with van der Waals surface area (Å²) in [4.78, 5) is 12.6. The summed E-state index contributed by atoms with van der Waals surface area (Å²) in [6.45, 7) is 9.92. The quantitative estimate of drug-likeness (QED) is 0.492. The summed E-state index contributed by atoms with van der Waals surface area (Å²) < 4.78 is 27.7. The number of benzene rings is 1. The van der Waals surface area contributed by atoms with E-state index in [-0.39, 0.29) is 29.1 Å². The Bertz CT molecular complexity index is 634. The zero-order valence-electron chi connectivity index (χ0n) is 16.0. The van der Waals surface area contributed by atoms with E-state index in [1.165, 1.54) is 0 Å².